The predicted octanol–water partition coefficient (Wildman–Crippen LogP) is 3.01. The number of hydrogen-bond donors (Lipinski definition) is 2. The molecular formula is C20H24N2O4S. The Morgan fingerprint density at radius 2 is 1.93 bits per heavy atom. The van der Waals surface area contributed by atoms with Gasteiger partial charge in [0.25, 0.3) is 0 Å². The van der Waals surface area contributed by atoms with Crippen LogP contribution in [-0.2, 0) is 19.6 Å². The van der Waals surface area contributed by atoms with Crippen molar-refractivity contribution in [2.45, 2.75) is 31.3 Å². The van der Waals surface area contributed by atoms with Gasteiger partial charge in [-0.15, -0.1) is 0 Å². The molecule has 144 valence electrons. The molecule has 27 heavy (non-hydrogen) atoms. The van der Waals surface area contributed by atoms with Gasteiger partial charge in [-0.05, 0) is 36.6 Å². The molecule has 7 heteroatoms. The predicted molar refractivity (Wildman–Crippen MR) is 104 cm³/mol. The normalized spacial score (nSPS) is 19.8. The highest BCUT2D eigenvalue weighted by atomic mass is 32.2. The second kappa shape index (κ2) is 8.21. The largest absolute Gasteiger partial charge is 0.373 e. The van der Waals surface area contributed by atoms with Crippen molar-refractivity contribution in [3.63, 3.8) is 0 Å². The first-order valence-corrected chi connectivity index (χ1v) is 10.4. The molecule has 2 atom stereocenters. The summed E-state index contributed by atoms with van der Waals surface area (Å²) < 4.78 is 33.9. The monoisotopic (exact) mass is 388 g/mol. The molecular weight excluding hydrogens is 364 g/mol. The van der Waals surface area contributed by atoms with Crippen molar-refractivity contribution in [1.82, 2.24) is 4.72 Å². The van der Waals surface area contributed by atoms with Crippen LogP contribution in [0.25, 0.3) is 0 Å². The van der Waals surface area contributed by atoms with Gasteiger partial charge in [-0.25, -0.2) is 13.1 Å². The first-order chi connectivity index (χ1) is 12.9. The zero-order chi connectivity index (χ0) is 19.4. The number of aryl methyl sites for hydroxylation is 1. The minimum atomic E-state index is -3.69. The Bertz CT molecular complexity index is 913. The Morgan fingerprint density at radius 1 is 1.19 bits per heavy atom. The smallest absolute Gasteiger partial charge is 0.240 e. The van der Waals surface area contributed by atoms with Crippen molar-refractivity contribution in [2.75, 3.05) is 18.5 Å². The standard InChI is InChI=1S/C20H24N2O4S/c1-14-8-9-18(12-19(14)22-15(2)23)27(24,25)21-13-17-10-11-26-20(17)16-6-4-3-5-7-16/h3-9,12,17,20-21H,10-11,13H2,1-2H3,(H,22,23)/t17-,20-/m0/s1. The highest BCUT2D eigenvalue weighted by Gasteiger charge is 2.30. The molecule has 1 aliphatic rings. The summed E-state index contributed by atoms with van der Waals surface area (Å²) in [6, 6.07) is 14.6. The van der Waals surface area contributed by atoms with E-state index in [0.717, 1.165) is 17.5 Å². The number of hydrogen-bond acceptors (Lipinski definition) is 4. The lowest BCUT2D eigenvalue weighted by Gasteiger charge is -2.19. The molecule has 1 aliphatic heterocycles. The van der Waals surface area contributed by atoms with Gasteiger partial charge < -0.3 is 10.1 Å². The molecule has 0 radical (unpaired) electrons. The van der Waals surface area contributed by atoms with Crippen molar-refractivity contribution < 1.29 is 17.9 Å². The van der Waals surface area contributed by atoms with Gasteiger partial charge in [-0.3, -0.25) is 4.79 Å². The van der Waals surface area contributed by atoms with E-state index in [1.807, 2.05) is 37.3 Å². The van der Waals surface area contributed by atoms with Crippen LogP contribution in [0.15, 0.2) is 53.4 Å². The van der Waals surface area contributed by atoms with Crippen LogP contribution in [0.5, 0.6) is 0 Å². The summed E-state index contributed by atoms with van der Waals surface area (Å²) in [5.74, 6) is -0.170. The fourth-order valence-electron chi connectivity index (χ4n) is 3.25. The van der Waals surface area contributed by atoms with Gasteiger partial charge >= 0.3 is 0 Å². The molecule has 0 spiro atoms. The molecule has 1 amide bonds. The van der Waals surface area contributed by atoms with E-state index in [1.54, 1.807) is 12.1 Å². The summed E-state index contributed by atoms with van der Waals surface area (Å²) >= 11 is 0. The lowest BCUT2D eigenvalue weighted by atomic mass is 9.96. The molecule has 2 N–H and O–H groups in total. The minimum Gasteiger partial charge on any atom is -0.373 e. The summed E-state index contributed by atoms with van der Waals surface area (Å²) in [5, 5.41) is 2.66. The Morgan fingerprint density at radius 3 is 2.63 bits per heavy atom. The fourth-order valence-corrected chi connectivity index (χ4v) is 4.37. The molecule has 2 aromatic rings. The van der Waals surface area contributed by atoms with Crippen LogP contribution in [0.4, 0.5) is 5.69 Å². The van der Waals surface area contributed by atoms with Crippen LogP contribution < -0.4 is 10.0 Å². The highest BCUT2D eigenvalue weighted by molar-refractivity contribution is 7.89. The van der Waals surface area contributed by atoms with E-state index in [1.165, 1.54) is 13.0 Å². The number of carbonyl (C=O) groups excluding carboxylic acids is 1. The van der Waals surface area contributed by atoms with E-state index < -0.39 is 10.0 Å². The second-order valence-electron chi connectivity index (χ2n) is 6.76. The summed E-state index contributed by atoms with van der Waals surface area (Å²) in [4.78, 5) is 11.4. The topological polar surface area (TPSA) is 84.5 Å². The average molecular weight is 388 g/mol. The highest BCUT2D eigenvalue weighted by Crippen LogP contribution is 2.34. The fraction of sp³-hybridized carbons (Fsp3) is 0.350. The van der Waals surface area contributed by atoms with E-state index in [9.17, 15) is 13.2 Å². The van der Waals surface area contributed by atoms with Crippen molar-refractivity contribution in [3.8, 4) is 0 Å². The van der Waals surface area contributed by atoms with Crippen LogP contribution in [0.2, 0.25) is 0 Å². The summed E-state index contributed by atoms with van der Waals surface area (Å²) in [6.07, 6.45) is 0.689. The maximum atomic E-state index is 12.7. The maximum Gasteiger partial charge on any atom is 0.240 e. The molecule has 3 rings (SSSR count). The third-order valence-electron chi connectivity index (χ3n) is 4.71. The number of nitrogens with one attached hydrogen (secondary N) is 2. The van der Waals surface area contributed by atoms with Gasteiger partial charge in [0.15, 0.2) is 0 Å². The molecule has 0 aliphatic carbocycles. The number of rotatable bonds is 6. The Labute approximate surface area is 160 Å². The van der Waals surface area contributed by atoms with Crippen LogP contribution in [-0.4, -0.2) is 27.5 Å². The SMILES string of the molecule is CC(=O)Nc1cc(S(=O)(=O)NC[C@@H]2CCO[C@H]2c2ccccc2)ccc1C. The first-order valence-electron chi connectivity index (χ1n) is 8.91. The van der Waals surface area contributed by atoms with Crippen molar-refractivity contribution in [2.24, 2.45) is 5.92 Å². The lowest BCUT2D eigenvalue weighted by Crippen LogP contribution is -2.30. The molecule has 1 heterocycles. The summed E-state index contributed by atoms with van der Waals surface area (Å²) in [5.41, 5.74) is 2.36. The number of anilines is 1. The van der Waals surface area contributed by atoms with Crippen LogP contribution in [0.3, 0.4) is 0 Å². The second-order valence-corrected chi connectivity index (χ2v) is 8.53. The molecule has 1 fully saturated rings. The van der Waals surface area contributed by atoms with Crippen LogP contribution in [0.1, 0.15) is 30.6 Å². The van der Waals surface area contributed by atoms with Crippen molar-refractivity contribution >= 4 is 21.6 Å². The summed E-state index contributed by atoms with van der Waals surface area (Å²) in [7, 11) is -3.69. The van der Waals surface area contributed by atoms with E-state index in [-0.39, 0.29) is 22.8 Å². The molecule has 2 aromatic carbocycles. The van der Waals surface area contributed by atoms with Gasteiger partial charge in [0.1, 0.15) is 0 Å². The first kappa shape index (κ1) is 19.5. The van der Waals surface area contributed by atoms with E-state index >= 15 is 0 Å². The zero-order valence-electron chi connectivity index (χ0n) is 15.4. The summed E-state index contributed by atoms with van der Waals surface area (Å²) in [6.45, 7) is 4.12. The van der Waals surface area contributed by atoms with Gasteiger partial charge in [-0.2, -0.15) is 0 Å². The number of ether oxygens (including phenoxy) is 1. The number of amides is 1. The zero-order valence-corrected chi connectivity index (χ0v) is 16.3. The minimum absolute atomic E-state index is 0.0717. The van der Waals surface area contributed by atoms with Crippen molar-refractivity contribution in [1.29, 1.82) is 0 Å². The van der Waals surface area contributed by atoms with Crippen LogP contribution >= 0.6 is 0 Å². The molecule has 0 bridgehead atoms. The molecule has 0 unspecified atom stereocenters. The Hall–Kier alpha value is -2.22. The van der Waals surface area contributed by atoms with Gasteiger partial charge in [0, 0.05) is 31.7 Å². The van der Waals surface area contributed by atoms with Gasteiger partial charge in [0.2, 0.25) is 15.9 Å². The third kappa shape index (κ3) is 4.74. The molecule has 0 saturated carbocycles. The average Bonchev–Trinajstić information content (AvgIpc) is 3.11. The van der Waals surface area contributed by atoms with E-state index in [0.29, 0.717) is 18.8 Å². The number of carbonyl (C=O) groups is 1. The van der Waals surface area contributed by atoms with E-state index in [4.69, 9.17) is 4.74 Å². The maximum absolute atomic E-state index is 12.7. The van der Waals surface area contributed by atoms with E-state index in [2.05, 4.69) is 10.0 Å². The third-order valence-corrected chi connectivity index (χ3v) is 6.13. The van der Waals surface area contributed by atoms with Gasteiger partial charge in [0.05, 0.1) is 11.0 Å². The Balaban J connectivity index is 1.72. The molecule has 1 saturated heterocycles. The van der Waals surface area contributed by atoms with Crippen LogP contribution in [0, 0.1) is 12.8 Å². The number of benzene rings is 2. The number of sulfonamides is 1. The van der Waals surface area contributed by atoms with Gasteiger partial charge in [-0.1, -0.05) is 36.4 Å². The molecule has 6 nitrogen and oxygen atoms in total. The lowest BCUT2D eigenvalue weighted by molar-refractivity contribution is -0.114. The quantitative estimate of drug-likeness (QED) is 0.797. The molecule has 0 aromatic heterocycles. The Kier molecular flexibility index (Phi) is 5.94. The van der Waals surface area contributed by atoms with Crippen molar-refractivity contribution in [3.05, 3.63) is 59.7 Å².